The molecule has 2 aromatic rings. The molecule has 0 spiro atoms. The number of rotatable bonds is 5. The third-order valence-electron chi connectivity index (χ3n) is 5.87. The summed E-state index contributed by atoms with van der Waals surface area (Å²) in [6.45, 7) is 5.67. The molecule has 1 aromatic carbocycles. The highest BCUT2D eigenvalue weighted by Crippen LogP contribution is 2.31. The van der Waals surface area contributed by atoms with Crippen LogP contribution >= 0.6 is 0 Å². The smallest absolute Gasteiger partial charge is 0.224 e. The maximum Gasteiger partial charge on any atom is 0.224 e. The second-order valence-electron chi connectivity index (χ2n) is 7.79. The monoisotopic (exact) mass is 349 g/mol. The molecule has 0 bridgehead atoms. The topological polar surface area (TPSA) is 45.2 Å². The molecule has 3 atom stereocenters. The Kier molecular flexibility index (Phi) is 5.02. The second kappa shape index (κ2) is 7.58. The van der Waals surface area contributed by atoms with E-state index >= 15 is 0 Å². The van der Waals surface area contributed by atoms with E-state index in [4.69, 9.17) is 0 Å². The lowest BCUT2D eigenvalue weighted by Gasteiger charge is -2.18. The number of pyridine rings is 1. The van der Waals surface area contributed by atoms with Gasteiger partial charge in [0.15, 0.2) is 0 Å². The van der Waals surface area contributed by atoms with Gasteiger partial charge in [-0.05, 0) is 36.0 Å². The molecule has 2 aliphatic rings. The summed E-state index contributed by atoms with van der Waals surface area (Å²) < 4.78 is 0. The zero-order valence-corrected chi connectivity index (χ0v) is 15.4. The largest absolute Gasteiger partial charge is 0.355 e. The van der Waals surface area contributed by atoms with Crippen LogP contribution in [0.25, 0.3) is 0 Å². The van der Waals surface area contributed by atoms with Gasteiger partial charge in [-0.25, -0.2) is 0 Å². The highest BCUT2D eigenvalue weighted by Gasteiger charge is 2.35. The number of benzene rings is 1. The normalized spacial score (nSPS) is 25.2. The molecule has 1 saturated heterocycles. The van der Waals surface area contributed by atoms with Crippen molar-refractivity contribution in [3.63, 3.8) is 0 Å². The Labute approximate surface area is 155 Å². The Hall–Kier alpha value is -2.20. The number of carbonyl (C=O) groups excluding carboxylic acids is 1. The van der Waals surface area contributed by atoms with Crippen molar-refractivity contribution < 1.29 is 4.79 Å². The van der Waals surface area contributed by atoms with Crippen LogP contribution in [0.5, 0.6) is 0 Å². The summed E-state index contributed by atoms with van der Waals surface area (Å²) in [7, 11) is 0. The fraction of sp³-hybridized carbons (Fsp3) is 0.455. The molecule has 4 heteroatoms. The Morgan fingerprint density at radius 2 is 2.04 bits per heavy atom. The summed E-state index contributed by atoms with van der Waals surface area (Å²) in [5.41, 5.74) is 3.84. The molecular formula is C22H27N3O. The number of likely N-dealkylation sites (tertiary alicyclic amines) is 1. The van der Waals surface area contributed by atoms with E-state index < -0.39 is 0 Å². The van der Waals surface area contributed by atoms with E-state index in [0.717, 1.165) is 32.5 Å². The Bertz CT molecular complexity index is 761. The van der Waals surface area contributed by atoms with Gasteiger partial charge < -0.3 is 5.32 Å². The number of aryl methyl sites for hydroxylation is 1. The third-order valence-corrected chi connectivity index (χ3v) is 5.87. The molecule has 0 saturated carbocycles. The van der Waals surface area contributed by atoms with Crippen molar-refractivity contribution in [2.24, 2.45) is 11.8 Å². The summed E-state index contributed by atoms with van der Waals surface area (Å²) in [5.74, 6) is 1.06. The molecule has 136 valence electrons. The van der Waals surface area contributed by atoms with Crippen molar-refractivity contribution in [1.82, 2.24) is 15.2 Å². The first-order chi connectivity index (χ1) is 12.7. The van der Waals surface area contributed by atoms with Crippen molar-refractivity contribution in [1.29, 1.82) is 0 Å². The fourth-order valence-corrected chi connectivity index (χ4v) is 4.43. The predicted octanol–water partition coefficient (Wildman–Crippen LogP) is 3.00. The van der Waals surface area contributed by atoms with E-state index in [1.165, 1.54) is 16.8 Å². The standard InChI is InChI=1S/C22H27N3O/c1-16-13-25(14-17-6-3-2-4-7-17)15-20(16)22(26)24-12-19-10-9-18-8-5-11-23-21(18)19/h2-8,11,16,19-20H,9-10,12-15H2,1H3,(H,24,26). The van der Waals surface area contributed by atoms with E-state index in [-0.39, 0.29) is 11.8 Å². The summed E-state index contributed by atoms with van der Waals surface area (Å²) in [6.07, 6.45) is 4.03. The van der Waals surface area contributed by atoms with Crippen molar-refractivity contribution in [2.75, 3.05) is 19.6 Å². The number of hydrogen-bond donors (Lipinski definition) is 1. The fourth-order valence-electron chi connectivity index (χ4n) is 4.43. The lowest BCUT2D eigenvalue weighted by molar-refractivity contribution is -0.125. The summed E-state index contributed by atoms with van der Waals surface area (Å²) in [6, 6.07) is 14.7. The molecule has 0 radical (unpaired) electrons. The second-order valence-corrected chi connectivity index (χ2v) is 7.79. The van der Waals surface area contributed by atoms with Gasteiger partial charge in [0, 0.05) is 44.0 Å². The molecule has 1 N–H and O–H groups in total. The molecule has 26 heavy (non-hydrogen) atoms. The molecule has 1 aliphatic carbocycles. The van der Waals surface area contributed by atoms with Crippen molar-refractivity contribution in [2.45, 2.75) is 32.2 Å². The molecule has 2 heterocycles. The number of hydrogen-bond acceptors (Lipinski definition) is 3. The average molecular weight is 349 g/mol. The zero-order valence-electron chi connectivity index (χ0n) is 15.4. The van der Waals surface area contributed by atoms with Crippen molar-refractivity contribution in [3.05, 3.63) is 65.5 Å². The maximum atomic E-state index is 12.8. The lowest BCUT2D eigenvalue weighted by atomic mass is 9.97. The number of carbonyl (C=O) groups is 1. The molecule has 3 unspecified atom stereocenters. The van der Waals surface area contributed by atoms with E-state index in [1.807, 2.05) is 18.3 Å². The van der Waals surface area contributed by atoms with Gasteiger partial charge in [-0.3, -0.25) is 14.7 Å². The molecule has 1 aromatic heterocycles. The first-order valence-corrected chi connectivity index (χ1v) is 9.68. The minimum atomic E-state index is 0.0864. The van der Waals surface area contributed by atoms with Crippen LogP contribution in [0.4, 0.5) is 0 Å². The van der Waals surface area contributed by atoms with Crippen LogP contribution in [0, 0.1) is 11.8 Å². The number of amides is 1. The summed E-state index contributed by atoms with van der Waals surface area (Å²) in [5, 5.41) is 3.22. The van der Waals surface area contributed by atoms with Gasteiger partial charge in [-0.2, -0.15) is 0 Å². The van der Waals surface area contributed by atoms with Crippen LogP contribution in [0.2, 0.25) is 0 Å². The lowest BCUT2D eigenvalue weighted by Crippen LogP contribution is -2.36. The first-order valence-electron chi connectivity index (χ1n) is 9.68. The van der Waals surface area contributed by atoms with Crippen LogP contribution in [0.3, 0.4) is 0 Å². The van der Waals surface area contributed by atoms with Crippen LogP contribution < -0.4 is 5.32 Å². The minimum Gasteiger partial charge on any atom is -0.355 e. The third kappa shape index (κ3) is 3.65. The van der Waals surface area contributed by atoms with Gasteiger partial charge in [-0.1, -0.05) is 43.3 Å². The number of fused-ring (bicyclic) bond motifs is 1. The predicted molar refractivity (Wildman–Crippen MR) is 103 cm³/mol. The first kappa shape index (κ1) is 17.2. The maximum absolute atomic E-state index is 12.8. The highest BCUT2D eigenvalue weighted by molar-refractivity contribution is 5.79. The quantitative estimate of drug-likeness (QED) is 0.903. The Morgan fingerprint density at radius 1 is 1.19 bits per heavy atom. The van der Waals surface area contributed by atoms with Crippen LogP contribution in [-0.2, 0) is 17.8 Å². The van der Waals surface area contributed by atoms with Gasteiger partial charge >= 0.3 is 0 Å². The summed E-state index contributed by atoms with van der Waals surface area (Å²) in [4.78, 5) is 19.7. The number of nitrogens with one attached hydrogen (secondary N) is 1. The summed E-state index contributed by atoms with van der Waals surface area (Å²) >= 11 is 0. The van der Waals surface area contributed by atoms with E-state index in [2.05, 4.69) is 52.5 Å². The van der Waals surface area contributed by atoms with Gasteiger partial charge in [-0.15, -0.1) is 0 Å². The molecular weight excluding hydrogens is 322 g/mol. The van der Waals surface area contributed by atoms with Gasteiger partial charge in [0.1, 0.15) is 0 Å². The SMILES string of the molecule is CC1CN(Cc2ccccc2)CC1C(=O)NCC1CCc2cccnc21. The Morgan fingerprint density at radius 3 is 2.88 bits per heavy atom. The van der Waals surface area contributed by atoms with Crippen LogP contribution in [0.15, 0.2) is 48.7 Å². The van der Waals surface area contributed by atoms with Gasteiger partial charge in [0.2, 0.25) is 5.91 Å². The molecule has 4 nitrogen and oxygen atoms in total. The average Bonchev–Trinajstić information content (AvgIpc) is 3.24. The van der Waals surface area contributed by atoms with Gasteiger partial charge in [0.25, 0.3) is 0 Å². The van der Waals surface area contributed by atoms with Crippen LogP contribution in [-0.4, -0.2) is 35.4 Å². The molecule has 1 fully saturated rings. The van der Waals surface area contributed by atoms with Crippen LogP contribution in [0.1, 0.15) is 36.1 Å². The van der Waals surface area contributed by atoms with E-state index in [9.17, 15) is 4.79 Å². The number of nitrogens with zero attached hydrogens (tertiary/aromatic N) is 2. The van der Waals surface area contributed by atoms with E-state index in [0.29, 0.717) is 18.4 Å². The highest BCUT2D eigenvalue weighted by atomic mass is 16.1. The zero-order chi connectivity index (χ0) is 17.9. The Balaban J connectivity index is 1.31. The van der Waals surface area contributed by atoms with Crippen molar-refractivity contribution in [3.8, 4) is 0 Å². The number of aromatic nitrogens is 1. The molecule has 1 amide bonds. The van der Waals surface area contributed by atoms with Crippen molar-refractivity contribution >= 4 is 5.91 Å². The molecule has 1 aliphatic heterocycles. The minimum absolute atomic E-state index is 0.0864. The van der Waals surface area contributed by atoms with E-state index in [1.54, 1.807) is 0 Å². The molecule has 4 rings (SSSR count). The van der Waals surface area contributed by atoms with Gasteiger partial charge in [0.05, 0.1) is 5.92 Å².